The molecule has 0 aromatic carbocycles. The molecule has 4 aliphatic rings. The average molecular weight is 376 g/mol. The molecule has 4 saturated carbocycles. The summed E-state index contributed by atoms with van der Waals surface area (Å²) in [6, 6.07) is 0.444. The van der Waals surface area contributed by atoms with E-state index < -0.39 is 5.97 Å². The minimum absolute atomic E-state index is 0.338. The van der Waals surface area contributed by atoms with Gasteiger partial charge < -0.3 is 10.8 Å². The third-order valence-corrected chi connectivity index (χ3v) is 10.3. The van der Waals surface area contributed by atoms with Crippen molar-refractivity contribution in [2.45, 2.75) is 97.4 Å². The number of fused-ring (bicyclic) bond motifs is 5. The SMILES string of the molecule is C[C@H](CCC(=O)O)C1CCC2C3CC[C@@H]4C[C@@H](N)CC[C@]4(C)C3CC[C@@]21C. The number of carboxylic acids is 1. The Morgan fingerprint density at radius 2 is 1.74 bits per heavy atom. The fourth-order valence-electron chi connectivity index (χ4n) is 8.82. The molecule has 4 rings (SSSR count). The van der Waals surface area contributed by atoms with Crippen molar-refractivity contribution in [3.05, 3.63) is 0 Å². The smallest absolute Gasteiger partial charge is 0.303 e. The normalized spacial score (nSPS) is 50.4. The Bertz CT molecular complexity index is 577. The summed E-state index contributed by atoms with van der Waals surface area (Å²) >= 11 is 0. The maximum atomic E-state index is 11.1. The summed E-state index contributed by atoms with van der Waals surface area (Å²) in [4.78, 5) is 11.1. The van der Waals surface area contributed by atoms with Gasteiger partial charge in [0.05, 0.1) is 0 Å². The number of hydrogen-bond acceptors (Lipinski definition) is 2. The Morgan fingerprint density at radius 3 is 2.48 bits per heavy atom. The van der Waals surface area contributed by atoms with Crippen molar-refractivity contribution in [3.63, 3.8) is 0 Å². The summed E-state index contributed by atoms with van der Waals surface area (Å²) in [7, 11) is 0. The van der Waals surface area contributed by atoms with E-state index in [9.17, 15) is 4.79 Å². The summed E-state index contributed by atoms with van der Waals surface area (Å²) in [6.07, 6.45) is 13.3. The number of carboxylic acid groups (broad SMARTS) is 1. The average Bonchev–Trinajstić information content (AvgIpc) is 2.97. The molecule has 0 spiro atoms. The van der Waals surface area contributed by atoms with Crippen LogP contribution < -0.4 is 5.73 Å². The highest BCUT2D eigenvalue weighted by Gasteiger charge is 2.60. The Kier molecular flexibility index (Phi) is 5.15. The van der Waals surface area contributed by atoms with Crippen LogP contribution in [0.1, 0.15) is 91.4 Å². The van der Waals surface area contributed by atoms with Crippen LogP contribution >= 0.6 is 0 Å². The number of nitrogens with two attached hydrogens (primary N) is 1. The fourth-order valence-corrected chi connectivity index (χ4v) is 8.82. The van der Waals surface area contributed by atoms with Crippen molar-refractivity contribution in [1.29, 1.82) is 0 Å². The van der Waals surface area contributed by atoms with E-state index in [1.165, 1.54) is 57.8 Å². The molecule has 0 saturated heterocycles. The van der Waals surface area contributed by atoms with Crippen LogP contribution in [0.2, 0.25) is 0 Å². The highest BCUT2D eigenvalue weighted by Crippen LogP contribution is 2.68. The van der Waals surface area contributed by atoms with Gasteiger partial charge in [-0.2, -0.15) is 0 Å². The molecule has 3 heteroatoms. The van der Waals surface area contributed by atoms with Crippen LogP contribution in [-0.4, -0.2) is 17.1 Å². The van der Waals surface area contributed by atoms with Gasteiger partial charge in [0.15, 0.2) is 0 Å². The molecular formula is C24H41NO2. The Balaban J connectivity index is 1.51. The van der Waals surface area contributed by atoms with Crippen LogP contribution in [0, 0.1) is 46.3 Å². The van der Waals surface area contributed by atoms with Crippen molar-refractivity contribution in [3.8, 4) is 0 Å². The van der Waals surface area contributed by atoms with Gasteiger partial charge in [0.2, 0.25) is 0 Å². The lowest BCUT2D eigenvalue weighted by Crippen LogP contribution is -2.54. The second-order valence-corrected chi connectivity index (χ2v) is 11.3. The standard InChI is InChI=1S/C24H41NO2/c1-15(4-9-22(26)27)19-7-8-20-18-6-5-16-14-17(25)10-12-23(16,2)21(18)11-13-24(19,20)3/h15-21H,4-14,25H2,1-3H3,(H,26,27)/t15-,16-,17+,18?,19?,20?,21?,23+,24-/m1/s1. The molecule has 0 aromatic rings. The molecule has 0 aliphatic heterocycles. The van der Waals surface area contributed by atoms with Crippen LogP contribution in [0.25, 0.3) is 0 Å². The lowest BCUT2D eigenvalue weighted by molar-refractivity contribution is -0.137. The van der Waals surface area contributed by atoms with Gasteiger partial charge in [-0.05, 0) is 111 Å². The molecule has 0 radical (unpaired) electrons. The van der Waals surface area contributed by atoms with E-state index in [4.69, 9.17) is 10.8 Å². The van der Waals surface area contributed by atoms with E-state index in [2.05, 4.69) is 20.8 Å². The van der Waals surface area contributed by atoms with Gasteiger partial charge >= 0.3 is 5.97 Å². The fraction of sp³-hybridized carbons (Fsp3) is 0.958. The summed E-state index contributed by atoms with van der Waals surface area (Å²) in [6.45, 7) is 7.52. The molecule has 27 heavy (non-hydrogen) atoms. The first-order valence-electron chi connectivity index (χ1n) is 11.7. The monoisotopic (exact) mass is 375 g/mol. The second-order valence-electron chi connectivity index (χ2n) is 11.3. The minimum atomic E-state index is -0.632. The number of hydrogen-bond donors (Lipinski definition) is 2. The zero-order valence-electron chi connectivity index (χ0n) is 17.8. The van der Waals surface area contributed by atoms with Gasteiger partial charge in [0, 0.05) is 12.5 Å². The Morgan fingerprint density at radius 1 is 1.04 bits per heavy atom. The van der Waals surface area contributed by atoms with E-state index >= 15 is 0 Å². The summed E-state index contributed by atoms with van der Waals surface area (Å²) in [5.41, 5.74) is 7.32. The minimum Gasteiger partial charge on any atom is -0.481 e. The van der Waals surface area contributed by atoms with Crippen LogP contribution in [0.4, 0.5) is 0 Å². The molecule has 0 bridgehead atoms. The van der Waals surface area contributed by atoms with Gasteiger partial charge in [-0.15, -0.1) is 0 Å². The molecule has 9 atom stereocenters. The maximum absolute atomic E-state index is 11.1. The van der Waals surface area contributed by atoms with Crippen molar-refractivity contribution in [2.24, 2.45) is 52.1 Å². The summed E-state index contributed by atoms with van der Waals surface area (Å²) in [5, 5.41) is 9.10. The van der Waals surface area contributed by atoms with Crippen molar-refractivity contribution >= 4 is 5.97 Å². The van der Waals surface area contributed by atoms with Gasteiger partial charge in [0.25, 0.3) is 0 Å². The second kappa shape index (κ2) is 7.04. The van der Waals surface area contributed by atoms with Gasteiger partial charge in [0.1, 0.15) is 0 Å². The van der Waals surface area contributed by atoms with Crippen molar-refractivity contribution in [2.75, 3.05) is 0 Å². The van der Waals surface area contributed by atoms with Crippen molar-refractivity contribution in [1.82, 2.24) is 0 Å². The number of carbonyl (C=O) groups is 1. The maximum Gasteiger partial charge on any atom is 0.303 e. The van der Waals surface area contributed by atoms with E-state index in [1.807, 2.05) is 0 Å². The lowest BCUT2D eigenvalue weighted by atomic mass is 9.44. The first kappa shape index (κ1) is 19.7. The van der Waals surface area contributed by atoms with Gasteiger partial charge in [-0.25, -0.2) is 0 Å². The van der Waals surface area contributed by atoms with Crippen LogP contribution in [0.3, 0.4) is 0 Å². The predicted octanol–water partition coefficient (Wildman–Crippen LogP) is 5.47. The van der Waals surface area contributed by atoms with E-state index in [0.717, 1.165) is 36.0 Å². The highest BCUT2D eigenvalue weighted by atomic mass is 16.4. The highest BCUT2D eigenvalue weighted by molar-refractivity contribution is 5.66. The molecule has 4 unspecified atom stereocenters. The Labute approximate surface area is 165 Å². The summed E-state index contributed by atoms with van der Waals surface area (Å²) < 4.78 is 0. The van der Waals surface area contributed by atoms with E-state index in [-0.39, 0.29) is 0 Å². The van der Waals surface area contributed by atoms with Crippen LogP contribution in [0.5, 0.6) is 0 Å². The zero-order chi connectivity index (χ0) is 19.4. The molecule has 0 heterocycles. The first-order chi connectivity index (χ1) is 12.8. The summed E-state index contributed by atoms with van der Waals surface area (Å²) in [5.74, 6) is 4.21. The number of rotatable bonds is 4. The third-order valence-electron chi connectivity index (χ3n) is 10.3. The molecule has 0 amide bonds. The first-order valence-corrected chi connectivity index (χ1v) is 11.7. The molecular weight excluding hydrogens is 334 g/mol. The van der Waals surface area contributed by atoms with E-state index in [0.29, 0.717) is 29.2 Å². The molecule has 4 fully saturated rings. The molecule has 4 aliphatic carbocycles. The predicted molar refractivity (Wildman–Crippen MR) is 109 cm³/mol. The quantitative estimate of drug-likeness (QED) is 0.684. The molecule has 154 valence electrons. The topological polar surface area (TPSA) is 63.3 Å². The van der Waals surface area contributed by atoms with Crippen molar-refractivity contribution < 1.29 is 9.90 Å². The van der Waals surface area contributed by atoms with E-state index in [1.54, 1.807) is 0 Å². The van der Waals surface area contributed by atoms with Gasteiger partial charge in [-0.3, -0.25) is 4.79 Å². The molecule has 3 nitrogen and oxygen atoms in total. The largest absolute Gasteiger partial charge is 0.481 e. The zero-order valence-corrected chi connectivity index (χ0v) is 17.8. The molecule has 3 N–H and O–H groups in total. The van der Waals surface area contributed by atoms with Gasteiger partial charge in [-0.1, -0.05) is 20.8 Å². The Hall–Kier alpha value is -0.570. The third kappa shape index (κ3) is 3.16. The van der Waals surface area contributed by atoms with Crippen LogP contribution in [0.15, 0.2) is 0 Å². The van der Waals surface area contributed by atoms with Crippen LogP contribution in [-0.2, 0) is 4.79 Å². The number of aliphatic carboxylic acids is 1. The lowest BCUT2D eigenvalue weighted by Gasteiger charge is -2.61. The molecule has 0 aromatic heterocycles.